The number of amides is 1. The largest absolute Gasteiger partial charge is 0.507 e. The SMILES string of the molecule is CNC(=O)c1c(-c2ccc(F)cc2)oc2cc(N(CCOCCOCCOCc3cccc(C(O)=CC(=O)C(=O)O)c3)S(C)(=O)=O)c(C3CC3)cc12. The minimum Gasteiger partial charge on any atom is -0.507 e. The summed E-state index contributed by atoms with van der Waals surface area (Å²) < 4.78 is 64.1. The van der Waals surface area contributed by atoms with Gasteiger partial charge in [-0.25, -0.2) is 17.6 Å². The highest BCUT2D eigenvalue weighted by atomic mass is 32.2. The lowest BCUT2D eigenvalue weighted by atomic mass is 10.0. The molecular formula is C37H39FN2O11S. The number of ketones is 1. The average molecular weight is 739 g/mol. The van der Waals surface area contributed by atoms with Gasteiger partial charge >= 0.3 is 5.97 Å². The number of aliphatic carboxylic acids is 1. The summed E-state index contributed by atoms with van der Waals surface area (Å²) in [5, 5.41) is 21.9. The number of carbonyl (C=O) groups excluding carboxylic acids is 2. The van der Waals surface area contributed by atoms with Crippen molar-refractivity contribution in [1.29, 1.82) is 0 Å². The number of carboxylic acid groups (broad SMARTS) is 1. The second-order valence-corrected chi connectivity index (χ2v) is 14.0. The Morgan fingerprint density at radius 3 is 2.27 bits per heavy atom. The molecule has 1 amide bonds. The average Bonchev–Trinajstić information content (AvgIpc) is 3.89. The minimum atomic E-state index is -3.76. The van der Waals surface area contributed by atoms with Crippen molar-refractivity contribution in [2.75, 3.05) is 57.2 Å². The van der Waals surface area contributed by atoms with E-state index >= 15 is 0 Å². The molecule has 0 atom stereocenters. The second-order valence-electron chi connectivity index (χ2n) is 12.1. The molecule has 0 aliphatic heterocycles. The number of rotatable bonds is 19. The van der Waals surface area contributed by atoms with E-state index in [1.807, 2.05) is 6.07 Å². The van der Waals surface area contributed by atoms with Gasteiger partial charge in [0.05, 0.1) is 63.7 Å². The number of aliphatic hydroxyl groups excluding tert-OH is 1. The fraction of sp³-hybridized carbons (Fsp3) is 0.324. The first-order valence-electron chi connectivity index (χ1n) is 16.4. The van der Waals surface area contributed by atoms with E-state index in [-0.39, 0.29) is 74.9 Å². The zero-order valence-electron chi connectivity index (χ0n) is 28.6. The fourth-order valence-electron chi connectivity index (χ4n) is 5.57. The Morgan fingerprint density at radius 1 is 0.962 bits per heavy atom. The van der Waals surface area contributed by atoms with Crippen LogP contribution >= 0.6 is 0 Å². The van der Waals surface area contributed by atoms with Gasteiger partial charge in [-0.05, 0) is 66.3 Å². The van der Waals surface area contributed by atoms with Gasteiger partial charge in [-0.2, -0.15) is 0 Å². The molecule has 0 radical (unpaired) electrons. The first kappa shape index (κ1) is 38.1. The molecule has 3 aromatic carbocycles. The molecule has 0 saturated heterocycles. The Balaban J connectivity index is 1.16. The molecule has 0 spiro atoms. The molecule has 0 bridgehead atoms. The summed E-state index contributed by atoms with van der Waals surface area (Å²) in [6.45, 7) is 1.21. The molecule has 1 fully saturated rings. The van der Waals surface area contributed by atoms with Crippen LogP contribution in [0.5, 0.6) is 0 Å². The van der Waals surface area contributed by atoms with Gasteiger partial charge in [-0.3, -0.25) is 13.9 Å². The summed E-state index contributed by atoms with van der Waals surface area (Å²) in [5.41, 5.74) is 3.30. The molecule has 1 aliphatic carbocycles. The number of ether oxygens (including phenoxy) is 3. The van der Waals surface area contributed by atoms with E-state index in [0.717, 1.165) is 24.7 Å². The molecule has 0 unspecified atom stereocenters. The highest BCUT2D eigenvalue weighted by molar-refractivity contribution is 7.92. The van der Waals surface area contributed by atoms with Gasteiger partial charge in [-0.15, -0.1) is 0 Å². The Labute approximate surface area is 299 Å². The molecule has 3 N–H and O–H groups in total. The summed E-state index contributed by atoms with van der Waals surface area (Å²) in [6.07, 6.45) is 3.50. The maximum Gasteiger partial charge on any atom is 0.376 e. The van der Waals surface area contributed by atoms with Crippen LogP contribution in [0.3, 0.4) is 0 Å². The molecule has 1 saturated carbocycles. The summed E-state index contributed by atoms with van der Waals surface area (Å²) in [7, 11) is -2.25. The summed E-state index contributed by atoms with van der Waals surface area (Å²) in [6, 6.07) is 15.5. The molecule has 4 aromatic rings. The van der Waals surface area contributed by atoms with E-state index < -0.39 is 33.4 Å². The van der Waals surface area contributed by atoms with Crippen molar-refractivity contribution >= 4 is 50.1 Å². The van der Waals surface area contributed by atoms with E-state index in [0.29, 0.717) is 33.9 Å². The Kier molecular flexibility index (Phi) is 12.4. The van der Waals surface area contributed by atoms with Gasteiger partial charge in [0.2, 0.25) is 10.0 Å². The fourth-order valence-corrected chi connectivity index (χ4v) is 6.49. The molecule has 1 aliphatic rings. The number of hydrogen-bond donors (Lipinski definition) is 3. The molecule has 13 nitrogen and oxygen atoms in total. The van der Waals surface area contributed by atoms with Crippen LogP contribution in [-0.2, 0) is 40.4 Å². The standard InChI is InChI=1S/C37H39FN2O11S/c1-39-36(43)34-29-19-28(24-6-7-24)30(20-33(29)51-35(34)25-8-10-27(38)11-9-25)40(52(2,46)47)12-13-48-14-15-49-16-17-50-22-23-4-3-5-26(18-23)31(41)21-32(42)37(44)45/h3-5,8-11,18-21,24,41H,6-7,12-17,22H2,1-2H3,(H,39,43)(H,44,45). The van der Waals surface area contributed by atoms with E-state index in [1.54, 1.807) is 24.3 Å². The topological polar surface area (TPSA) is 182 Å². The lowest BCUT2D eigenvalue weighted by Gasteiger charge is -2.25. The van der Waals surface area contributed by atoms with Gasteiger partial charge in [0.1, 0.15) is 22.9 Å². The number of aliphatic hydroxyl groups is 1. The number of benzene rings is 3. The van der Waals surface area contributed by atoms with Gasteiger partial charge in [0.25, 0.3) is 11.7 Å². The number of nitrogens with one attached hydrogen (secondary N) is 1. The zero-order valence-corrected chi connectivity index (χ0v) is 29.4. The lowest BCUT2D eigenvalue weighted by molar-refractivity contribution is -0.146. The molecular weight excluding hydrogens is 699 g/mol. The summed E-state index contributed by atoms with van der Waals surface area (Å²) in [4.78, 5) is 35.1. The van der Waals surface area contributed by atoms with Crippen molar-refractivity contribution in [2.24, 2.45) is 0 Å². The predicted octanol–water partition coefficient (Wildman–Crippen LogP) is 5.04. The molecule has 15 heteroatoms. The maximum absolute atomic E-state index is 13.7. The maximum atomic E-state index is 13.7. The van der Waals surface area contributed by atoms with Crippen LogP contribution < -0.4 is 9.62 Å². The van der Waals surface area contributed by atoms with Gasteiger partial charge in [0, 0.05) is 35.7 Å². The molecule has 1 aromatic heterocycles. The van der Waals surface area contributed by atoms with E-state index in [4.69, 9.17) is 23.7 Å². The molecule has 5 rings (SSSR count). The van der Waals surface area contributed by atoms with Gasteiger partial charge in [0.15, 0.2) is 0 Å². The van der Waals surface area contributed by atoms with Crippen LogP contribution in [0.15, 0.2) is 71.2 Å². The number of anilines is 1. The van der Waals surface area contributed by atoms with Crippen molar-refractivity contribution in [2.45, 2.75) is 25.4 Å². The first-order chi connectivity index (χ1) is 24.9. The minimum absolute atomic E-state index is 0.0231. The summed E-state index contributed by atoms with van der Waals surface area (Å²) >= 11 is 0. The Hall–Kier alpha value is -5.09. The number of halogens is 1. The van der Waals surface area contributed by atoms with Gasteiger partial charge in [-0.1, -0.05) is 18.2 Å². The lowest BCUT2D eigenvalue weighted by Crippen LogP contribution is -2.34. The first-order valence-corrected chi connectivity index (χ1v) is 18.3. The number of hydrogen-bond acceptors (Lipinski definition) is 10. The van der Waals surface area contributed by atoms with Crippen LogP contribution in [0.2, 0.25) is 0 Å². The van der Waals surface area contributed by atoms with Crippen LogP contribution in [0.1, 0.15) is 45.8 Å². The van der Waals surface area contributed by atoms with Crippen molar-refractivity contribution in [3.05, 3.63) is 94.8 Å². The van der Waals surface area contributed by atoms with E-state index in [2.05, 4.69) is 5.32 Å². The third-order valence-corrected chi connectivity index (χ3v) is 9.42. The van der Waals surface area contributed by atoms with E-state index in [1.165, 1.54) is 41.7 Å². The Bertz CT molecular complexity index is 2070. The quantitative estimate of drug-likeness (QED) is 0.0507. The highest BCUT2D eigenvalue weighted by Gasteiger charge is 2.33. The number of furan rings is 1. The molecule has 52 heavy (non-hydrogen) atoms. The number of nitrogens with zero attached hydrogens (tertiary/aromatic N) is 1. The van der Waals surface area contributed by atoms with Crippen LogP contribution in [0, 0.1) is 5.82 Å². The normalized spacial score (nSPS) is 13.3. The van der Waals surface area contributed by atoms with Crippen molar-refractivity contribution in [3.8, 4) is 11.3 Å². The predicted molar refractivity (Wildman–Crippen MR) is 190 cm³/mol. The van der Waals surface area contributed by atoms with Crippen molar-refractivity contribution in [3.63, 3.8) is 0 Å². The Morgan fingerprint density at radius 2 is 1.63 bits per heavy atom. The molecule has 1 heterocycles. The highest BCUT2D eigenvalue weighted by Crippen LogP contribution is 2.48. The monoisotopic (exact) mass is 738 g/mol. The second kappa shape index (κ2) is 17.0. The van der Waals surface area contributed by atoms with Crippen LogP contribution in [-0.4, -0.2) is 89.2 Å². The van der Waals surface area contributed by atoms with Crippen molar-refractivity contribution < 1.29 is 56.0 Å². The number of sulfonamides is 1. The van der Waals surface area contributed by atoms with Crippen LogP contribution in [0.4, 0.5) is 10.1 Å². The number of carboxylic acids is 1. The van der Waals surface area contributed by atoms with Crippen LogP contribution in [0.25, 0.3) is 28.1 Å². The van der Waals surface area contributed by atoms with E-state index in [9.17, 15) is 32.3 Å². The zero-order chi connectivity index (χ0) is 37.4. The third kappa shape index (κ3) is 9.61. The summed E-state index contributed by atoms with van der Waals surface area (Å²) in [5.74, 6) is -3.82. The molecule has 276 valence electrons. The van der Waals surface area contributed by atoms with Crippen molar-refractivity contribution in [1.82, 2.24) is 5.32 Å². The van der Waals surface area contributed by atoms with Gasteiger partial charge < -0.3 is 34.2 Å². The number of carbonyl (C=O) groups is 3. The smallest absolute Gasteiger partial charge is 0.376 e. The third-order valence-electron chi connectivity index (χ3n) is 8.24. The number of fused-ring (bicyclic) bond motifs is 1.